The summed E-state index contributed by atoms with van der Waals surface area (Å²) < 4.78 is 14.3. The van der Waals surface area contributed by atoms with E-state index >= 15 is 0 Å². The number of carbonyl (C=O) groups excluding carboxylic acids is 1. The van der Waals surface area contributed by atoms with Gasteiger partial charge in [0, 0.05) is 17.6 Å². The van der Waals surface area contributed by atoms with Crippen LogP contribution in [0.25, 0.3) is 0 Å². The van der Waals surface area contributed by atoms with Crippen LogP contribution in [0.15, 0.2) is 16.6 Å². The van der Waals surface area contributed by atoms with Crippen molar-refractivity contribution >= 4 is 27.5 Å². The quantitative estimate of drug-likeness (QED) is 0.907. The highest BCUT2D eigenvalue weighted by atomic mass is 79.9. The highest BCUT2D eigenvalue weighted by Crippen LogP contribution is 2.30. The van der Waals surface area contributed by atoms with Crippen molar-refractivity contribution in [2.24, 2.45) is 5.73 Å². The number of nitrogens with two attached hydrogens (primary N) is 1. The van der Waals surface area contributed by atoms with Gasteiger partial charge in [-0.05, 0) is 25.0 Å². The Kier molecular flexibility index (Phi) is 3.14. The topological polar surface area (TPSA) is 46.3 Å². The monoisotopic (exact) mass is 286 g/mol. The van der Waals surface area contributed by atoms with Crippen LogP contribution in [-0.4, -0.2) is 19.0 Å². The number of primary amides is 1. The van der Waals surface area contributed by atoms with Crippen molar-refractivity contribution in [2.45, 2.75) is 12.8 Å². The molecule has 1 amide bonds. The average molecular weight is 287 g/mol. The molecule has 0 radical (unpaired) electrons. The molecule has 1 aliphatic heterocycles. The Morgan fingerprint density at radius 2 is 2.00 bits per heavy atom. The summed E-state index contributed by atoms with van der Waals surface area (Å²) in [5.41, 5.74) is 5.80. The van der Waals surface area contributed by atoms with Gasteiger partial charge in [0.15, 0.2) is 0 Å². The maximum Gasteiger partial charge on any atom is 0.253 e. The van der Waals surface area contributed by atoms with E-state index in [0.29, 0.717) is 10.2 Å². The fourth-order valence-corrected chi connectivity index (χ4v) is 2.43. The molecular formula is C11H12BrFN2O. The summed E-state index contributed by atoms with van der Waals surface area (Å²) in [6.45, 7) is 1.69. The van der Waals surface area contributed by atoms with Gasteiger partial charge in [-0.25, -0.2) is 4.39 Å². The Labute approximate surface area is 102 Å². The van der Waals surface area contributed by atoms with Gasteiger partial charge >= 0.3 is 0 Å². The smallest absolute Gasteiger partial charge is 0.253 e. The molecule has 0 aromatic heterocycles. The summed E-state index contributed by atoms with van der Waals surface area (Å²) in [5.74, 6) is -1.28. The van der Waals surface area contributed by atoms with E-state index in [1.54, 1.807) is 6.07 Å². The standard InChI is InChI=1S/C11H12BrFN2O/c12-7-5-8(13)10(11(14)16)9(6-7)15-3-1-2-4-15/h5-6H,1-4H2,(H2,14,16). The van der Waals surface area contributed by atoms with Crippen LogP contribution in [0, 0.1) is 5.82 Å². The third kappa shape index (κ3) is 2.04. The van der Waals surface area contributed by atoms with Gasteiger partial charge in [-0.3, -0.25) is 4.79 Å². The molecule has 1 fully saturated rings. The maximum atomic E-state index is 13.7. The zero-order valence-corrected chi connectivity index (χ0v) is 10.3. The average Bonchev–Trinajstić information content (AvgIpc) is 2.67. The molecule has 2 rings (SSSR count). The second-order valence-corrected chi connectivity index (χ2v) is 4.76. The summed E-state index contributed by atoms with van der Waals surface area (Å²) in [4.78, 5) is 13.2. The minimum atomic E-state index is -0.716. The molecule has 86 valence electrons. The zero-order valence-electron chi connectivity index (χ0n) is 8.67. The highest BCUT2D eigenvalue weighted by Gasteiger charge is 2.22. The first kappa shape index (κ1) is 11.4. The first-order valence-electron chi connectivity index (χ1n) is 5.13. The van der Waals surface area contributed by atoms with Gasteiger partial charge in [0.25, 0.3) is 5.91 Å². The molecule has 0 unspecified atom stereocenters. The SMILES string of the molecule is NC(=O)c1c(F)cc(Br)cc1N1CCCC1. The molecule has 0 saturated carbocycles. The van der Waals surface area contributed by atoms with E-state index in [4.69, 9.17) is 5.73 Å². The maximum absolute atomic E-state index is 13.7. The van der Waals surface area contributed by atoms with Crippen LogP contribution in [0.5, 0.6) is 0 Å². The minimum absolute atomic E-state index is 0.00917. The van der Waals surface area contributed by atoms with Crippen molar-refractivity contribution < 1.29 is 9.18 Å². The normalized spacial score (nSPS) is 15.5. The van der Waals surface area contributed by atoms with Gasteiger partial charge < -0.3 is 10.6 Å². The lowest BCUT2D eigenvalue weighted by Crippen LogP contribution is -2.24. The van der Waals surface area contributed by atoms with Gasteiger partial charge in [-0.2, -0.15) is 0 Å². The number of halogens is 2. The second kappa shape index (κ2) is 4.41. The summed E-state index contributed by atoms with van der Waals surface area (Å²) in [6, 6.07) is 3.01. The second-order valence-electron chi connectivity index (χ2n) is 3.84. The Morgan fingerprint density at radius 1 is 1.38 bits per heavy atom. The van der Waals surface area contributed by atoms with Crippen LogP contribution in [-0.2, 0) is 0 Å². The molecule has 3 nitrogen and oxygen atoms in total. The number of hydrogen-bond acceptors (Lipinski definition) is 2. The lowest BCUT2D eigenvalue weighted by Gasteiger charge is -2.20. The lowest BCUT2D eigenvalue weighted by atomic mass is 10.1. The Morgan fingerprint density at radius 3 is 2.56 bits per heavy atom. The molecule has 0 atom stereocenters. The van der Waals surface area contributed by atoms with E-state index in [1.807, 2.05) is 4.90 Å². The van der Waals surface area contributed by atoms with Crippen molar-refractivity contribution in [3.8, 4) is 0 Å². The molecule has 16 heavy (non-hydrogen) atoms. The molecule has 0 aliphatic carbocycles. The molecule has 1 heterocycles. The molecule has 2 N–H and O–H groups in total. The van der Waals surface area contributed by atoms with Crippen LogP contribution >= 0.6 is 15.9 Å². The highest BCUT2D eigenvalue weighted by molar-refractivity contribution is 9.10. The fourth-order valence-electron chi connectivity index (χ4n) is 2.01. The van der Waals surface area contributed by atoms with Gasteiger partial charge in [0.2, 0.25) is 0 Å². The summed E-state index contributed by atoms with van der Waals surface area (Å²) in [6.07, 6.45) is 2.12. The van der Waals surface area contributed by atoms with E-state index < -0.39 is 11.7 Å². The third-order valence-electron chi connectivity index (χ3n) is 2.73. The molecule has 1 aromatic carbocycles. The molecule has 0 bridgehead atoms. The number of carbonyl (C=O) groups is 1. The van der Waals surface area contributed by atoms with Crippen molar-refractivity contribution in [1.82, 2.24) is 0 Å². The van der Waals surface area contributed by atoms with Crippen LogP contribution < -0.4 is 10.6 Å². The predicted molar refractivity (Wildman–Crippen MR) is 64.1 cm³/mol. The number of amides is 1. The van der Waals surface area contributed by atoms with E-state index in [2.05, 4.69) is 15.9 Å². The Bertz CT molecular complexity index is 430. The number of anilines is 1. The van der Waals surface area contributed by atoms with Crippen molar-refractivity contribution in [3.05, 3.63) is 28.0 Å². The molecule has 0 spiro atoms. The Hall–Kier alpha value is -1.10. The Balaban J connectivity index is 2.52. The fraction of sp³-hybridized carbons (Fsp3) is 0.364. The molecule has 1 saturated heterocycles. The van der Waals surface area contributed by atoms with Crippen LogP contribution in [0.4, 0.5) is 10.1 Å². The van der Waals surface area contributed by atoms with E-state index in [9.17, 15) is 9.18 Å². The molecule has 1 aromatic rings. The van der Waals surface area contributed by atoms with Crippen molar-refractivity contribution in [2.75, 3.05) is 18.0 Å². The number of nitrogens with zero attached hydrogens (tertiary/aromatic N) is 1. The third-order valence-corrected chi connectivity index (χ3v) is 3.19. The van der Waals surface area contributed by atoms with E-state index in [1.165, 1.54) is 6.07 Å². The van der Waals surface area contributed by atoms with Gasteiger partial charge in [-0.15, -0.1) is 0 Å². The van der Waals surface area contributed by atoms with E-state index in [0.717, 1.165) is 25.9 Å². The summed E-state index contributed by atoms with van der Waals surface area (Å²) >= 11 is 3.22. The lowest BCUT2D eigenvalue weighted by molar-refractivity contribution is 0.0997. The van der Waals surface area contributed by atoms with Crippen LogP contribution in [0.2, 0.25) is 0 Å². The van der Waals surface area contributed by atoms with Gasteiger partial charge in [0.1, 0.15) is 5.82 Å². The number of hydrogen-bond donors (Lipinski definition) is 1. The van der Waals surface area contributed by atoms with Crippen LogP contribution in [0.1, 0.15) is 23.2 Å². The number of rotatable bonds is 2. The van der Waals surface area contributed by atoms with Crippen molar-refractivity contribution in [1.29, 1.82) is 0 Å². The van der Waals surface area contributed by atoms with E-state index in [-0.39, 0.29) is 5.56 Å². The largest absolute Gasteiger partial charge is 0.371 e. The number of benzene rings is 1. The first-order valence-corrected chi connectivity index (χ1v) is 5.92. The van der Waals surface area contributed by atoms with Gasteiger partial charge in [-0.1, -0.05) is 15.9 Å². The van der Waals surface area contributed by atoms with Gasteiger partial charge in [0.05, 0.1) is 11.3 Å². The summed E-state index contributed by atoms with van der Waals surface area (Å²) in [7, 11) is 0. The molecule has 5 heteroatoms. The zero-order chi connectivity index (χ0) is 11.7. The van der Waals surface area contributed by atoms with Crippen molar-refractivity contribution in [3.63, 3.8) is 0 Å². The predicted octanol–water partition coefficient (Wildman–Crippen LogP) is 2.29. The minimum Gasteiger partial charge on any atom is -0.371 e. The molecule has 1 aliphatic rings. The van der Waals surface area contributed by atoms with Crippen LogP contribution in [0.3, 0.4) is 0 Å². The molecular weight excluding hydrogens is 275 g/mol. The first-order chi connectivity index (χ1) is 7.59. The summed E-state index contributed by atoms with van der Waals surface area (Å²) in [5, 5.41) is 0.